The summed E-state index contributed by atoms with van der Waals surface area (Å²) in [6.45, 7) is 5.75. The van der Waals surface area contributed by atoms with Gasteiger partial charge in [-0.25, -0.2) is 0 Å². The van der Waals surface area contributed by atoms with Crippen molar-refractivity contribution in [2.24, 2.45) is 5.73 Å². The smallest absolute Gasteiger partial charge is 0.305 e. The van der Waals surface area contributed by atoms with E-state index in [0.717, 1.165) is 0 Å². The predicted octanol–water partition coefficient (Wildman–Crippen LogP) is -0.0974. The molecule has 7 nitrogen and oxygen atoms in total. The maximum absolute atomic E-state index is 10.4. The quantitative estimate of drug-likeness (QED) is 0.726. The highest BCUT2D eigenvalue weighted by atomic mass is 16.4. The fraction of sp³-hybridized carbons (Fsp3) is 0.750. The molecular formula is C8H15N5O2. The van der Waals surface area contributed by atoms with E-state index in [1.54, 1.807) is 0 Å². The van der Waals surface area contributed by atoms with Crippen LogP contribution in [0.25, 0.3) is 0 Å². The number of hydrogen-bond donors (Lipinski definition) is 2. The number of carboxylic acid groups (broad SMARTS) is 1. The Morgan fingerprint density at radius 1 is 1.60 bits per heavy atom. The molecule has 0 aliphatic rings. The van der Waals surface area contributed by atoms with Gasteiger partial charge in [0.1, 0.15) is 0 Å². The number of carboxylic acids is 1. The first-order chi connectivity index (χ1) is 6.80. The van der Waals surface area contributed by atoms with Gasteiger partial charge >= 0.3 is 5.97 Å². The maximum atomic E-state index is 10.4. The summed E-state index contributed by atoms with van der Waals surface area (Å²) in [5, 5.41) is 20.1. The van der Waals surface area contributed by atoms with Crippen LogP contribution >= 0.6 is 0 Å². The monoisotopic (exact) mass is 213 g/mol. The lowest BCUT2D eigenvalue weighted by Gasteiger charge is -2.15. The maximum Gasteiger partial charge on any atom is 0.305 e. The van der Waals surface area contributed by atoms with Crippen LogP contribution in [0.2, 0.25) is 0 Å². The van der Waals surface area contributed by atoms with Gasteiger partial charge in [-0.3, -0.25) is 4.79 Å². The third-order valence-corrected chi connectivity index (χ3v) is 1.76. The van der Waals surface area contributed by atoms with Gasteiger partial charge in [-0.15, -0.1) is 10.2 Å². The zero-order valence-electron chi connectivity index (χ0n) is 9.01. The number of carbonyl (C=O) groups is 1. The van der Waals surface area contributed by atoms with Gasteiger partial charge in [-0.05, 0) is 26.0 Å². The average molecular weight is 213 g/mol. The molecule has 84 valence electrons. The summed E-state index contributed by atoms with van der Waals surface area (Å²) >= 11 is 0. The van der Waals surface area contributed by atoms with E-state index in [9.17, 15) is 4.79 Å². The zero-order valence-corrected chi connectivity index (χ0v) is 9.01. The van der Waals surface area contributed by atoms with Crippen molar-refractivity contribution in [1.29, 1.82) is 0 Å². The molecule has 0 saturated carbocycles. The Hall–Kier alpha value is -1.50. The summed E-state index contributed by atoms with van der Waals surface area (Å²) < 4.78 is 0. The van der Waals surface area contributed by atoms with Crippen molar-refractivity contribution in [2.75, 3.05) is 0 Å². The van der Waals surface area contributed by atoms with Crippen LogP contribution in [0.3, 0.4) is 0 Å². The van der Waals surface area contributed by atoms with Gasteiger partial charge in [0, 0.05) is 0 Å². The van der Waals surface area contributed by atoms with Gasteiger partial charge in [-0.1, -0.05) is 0 Å². The van der Waals surface area contributed by atoms with Crippen molar-refractivity contribution in [3.8, 4) is 0 Å². The van der Waals surface area contributed by atoms with E-state index in [-0.39, 0.29) is 17.8 Å². The van der Waals surface area contributed by atoms with E-state index in [1.807, 2.05) is 20.8 Å². The van der Waals surface area contributed by atoms with Gasteiger partial charge in [0.15, 0.2) is 5.82 Å². The summed E-state index contributed by atoms with van der Waals surface area (Å²) in [5.41, 5.74) is 5.31. The standard InChI is InChI=1S/C8H15N5O2/c1-8(2,3)13-11-7(10-12-13)5(9)4-6(14)15/h5H,4,9H2,1-3H3,(H,14,15). The number of aromatic nitrogens is 4. The lowest BCUT2D eigenvalue weighted by atomic mass is 10.1. The summed E-state index contributed by atoms with van der Waals surface area (Å²) in [6, 6.07) is -0.710. The van der Waals surface area contributed by atoms with E-state index >= 15 is 0 Å². The minimum absolute atomic E-state index is 0.199. The summed E-state index contributed by atoms with van der Waals surface area (Å²) in [7, 11) is 0. The van der Waals surface area contributed by atoms with Crippen molar-refractivity contribution in [2.45, 2.75) is 38.8 Å². The van der Waals surface area contributed by atoms with E-state index in [4.69, 9.17) is 10.8 Å². The average Bonchev–Trinajstić information content (AvgIpc) is 2.48. The second-order valence-corrected chi connectivity index (χ2v) is 4.31. The molecule has 1 rings (SSSR count). The fourth-order valence-electron chi connectivity index (χ4n) is 0.937. The van der Waals surface area contributed by atoms with E-state index in [0.29, 0.717) is 0 Å². The first-order valence-corrected chi connectivity index (χ1v) is 4.58. The lowest BCUT2D eigenvalue weighted by molar-refractivity contribution is -0.137. The zero-order chi connectivity index (χ0) is 11.6. The molecule has 0 aliphatic carbocycles. The molecule has 1 heterocycles. The molecule has 0 aliphatic heterocycles. The second kappa shape index (κ2) is 3.93. The van der Waals surface area contributed by atoms with Crippen molar-refractivity contribution in [1.82, 2.24) is 20.2 Å². The first-order valence-electron chi connectivity index (χ1n) is 4.58. The van der Waals surface area contributed by atoms with E-state index in [1.165, 1.54) is 4.80 Å². The Kier molecular flexibility index (Phi) is 3.04. The molecule has 1 atom stereocenters. The molecule has 0 radical (unpaired) electrons. The minimum atomic E-state index is -0.977. The number of rotatable bonds is 3. The number of hydrogen-bond acceptors (Lipinski definition) is 5. The number of nitrogens with zero attached hydrogens (tertiary/aromatic N) is 4. The highest BCUT2D eigenvalue weighted by Crippen LogP contribution is 2.12. The van der Waals surface area contributed by atoms with Crippen LogP contribution in [0.5, 0.6) is 0 Å². The van der Waals surface area contributed by atoms with Crippen molar-refractivity contribution in [3.63, 3.8) is 0 Å². The minimum Gasteiger partial charge on any atom is -0.481 e. The van der Waals surface area contributed by atoms with Crippen LogP contribution in [0, 0.1) is 0 Å². The highest BCUT2D eigenvalue weighted by Gasteiger charge is 2.21. The van der Waals surface area contributed by atoms with Crippen LogP contribution in [0.15, 0.2) is 0 Å². The van der Waals surface area contributed by atoms with Crippen molar-refractivity contribution < 1.29 is 9.90 Å². The van der Waals surface area contributed by atoms with Crippen molar-refractivity contribution >= 4 is 5.97 Å². The van der Waals surface area contributed by atoms with Crippen molar-refractivity contribution in [3.05, 3.63) is 5.82 Å². The van der Waals surface area contributed by atoms with Crippen LogP contribution in [-0.2, 0) is 10.3 Å². The van der Waals surface area contributed by atoms with Crippen LogP contribution < -0.4 is 5.73 Å². The van der Waals surface area contributed by atoms with Gasteiger partial charge in [0.2, 0.25) is 0 Å². The molecule has 1 unspecified atom stereocenters. The third-order valence-electron chi connectivity index (χ3n) is 1.76. The van der Waals surface area contributed by atoms with Crippen LogP contribution in [-0.4, -0.2) is 31.3 Å². The van der Waals surface area contributed by atoms with E-state index < -0.39 is 12.0 Å². The summed E-state index contributed by atoms with van der Waals surface area (Å²) in [5.74, 6) is -0.720. The number of tetrazole rings is 1. The molecule has 0 fully saturated rings. The third kappa shape index (κ3) is 2.98. The molecule has 0 saturated heterocycles. The molecule has 1 aromatic heterocycles. The predicted molar refractivity (Wildman–Crippen MR) is 52.0 cm³/mol. The largest absolute Gasteiger partial charge is 0.481 e. The summed E-state index contributed by atoms with van der Waals surface area (Å²) in [6.07, 6.45) is -0.199. The Morgan fingerprint density at radius 3 is 2.60 bits per heavy atom. The Morgan fingerprint density at radius 2 is 2.20 bits per heavy atom. The normalized spacial score (nSPS) is 13.9. The molecule has 7 heteroatoms. The molecule has 0 amide bonds. The van der Waals surface area contributed by atoms with Gasteiger partial charge in [0.05, 0.1) is 18.0 Å². The van der Waals surface area contributed by atoms with Gasteiger partial charge < -0.3 is 10.8 Å². The Bertz CT molecular complexity index is 354. The van der Waals surface area contributed by atoms with E-state index in [2.05, 4.69) is 15.4 Å². The Labute approximate surface area is 87.3 Å². The molecule has 0 aromatic carbocycles. The molecule has 3 N–H and O–H groups in total. The molecule has 15 heavy (non-hydrogen) atoms. The molecule has 0 spiro atoms. The van der Waals surface area contributed by atoms with Gasteiger partial charge in [0.25, 0.3) is 0 Å². The molecular weight excluding hydrogens is 198 g/mol. The summed E-state index contributed by atoms with van der Waals surface area (Å²) in [4.78, 5) is 11.8. The van der Waals surface area contributed by atoms with Gasteiger partial charge in [-0.2, -0.15) is 4.80 Å². The number of nitrogens with two attached hydrogens (primary N) is 1. The Balaban J connectivity index is 2.80. The fourth-order valence-corrected chi connectivity index (χ4v) is 0.937. The van der Waals surface area contributed by atoms with Crippen LogP contribution in [0.4, 0.5) is 0 Å². The topological polar surface area (TPSA) is 107 Å². The lowest BCUT2D eigenvalue weighted by Crippen LogP contribution is -2.25. The molecule has 1 aromatic rings. The highest BCUT2D eigenvalue weighted by molar-refractivity contribution is 5.67. The number of aliphatic carboxylic acids is 1. The molecule has 0 bridgehead atoms. The first kappa shape index (κ1) is 11.6. The SMILES string of the molecule is CC(C)(C)n1nnc(C(N)CC(=O)O)n1. The second-order valence-electron chi connectivity index (χ2n) is 4.31. The van der Waals surface area contributed by atoms with Crippen LogP contribution in [0.1, 0.15) is 39.1 Å².